The van der Waals surface area contributed by atoms with E-state index in [-0.39, 0.29) is 0 Å². The van der Waals surface area contributed by atoms with Gasteiger partial charge in [0.1, 0.15) is 0 Å². The number of rotatable bonds is 5. The van der Waals surface area contributed by atoms with Crippen LogP contribution in [-0.2, 0) is 11.3 Å². The first-order valence-corrected chi connectivity index (χ1v) is 9.65. The summed E-state index contributed by atoms with van der Waals surface area (Å²) in [5, 5.41) is 2.94. The summed E-state index contributed by atoms with van der Waals surface area (Å²) in [4.78, 5) is 8.30. The Morgan fingerprint density at radius 2 is 2.00 bits per heavy atom. The zero-order valence-electron chi connectivity index (χ0n) is 14.3. The van der Waals surface area contributed by atoms with Gasteiger partial charge in [0, 0.05) is 42.3 Å². The van der Waals surface area contributed by atoms with Crippen LogP contribution in [0.4, 0.5) is 5.69 Å². The van der Waals surface area contributed by atoms with Gasteiger partial charge in [0.05, 0.1) is 18.9 Å². The van der Waals surface area contributed by atoms with E-state index in [2.05, 4.69) is 21.8 Å². The second kappa shape index (κ2) is 8.30. The highest BCUT2D eigenvalue weighted by Gasteiger charge is 2.10. The summed E-state index contributed by atoms with van der Waals surface area (Å²) in [6.45, 7) is 10.1. The fourth-order valence-corrected chi connectivity index (χ4v) is 3.91. The van der Waals surface area contributed by atoms with Gasteiger partial charge in [0.2, 0.25) is 0 Å². The minimum Gasteiger partial charge on any atom is -0.379 e. The number of aromatic nitrogens is 1. The lowest BCUT2D eigenvalue weighted by atomic mass is 10.2. The number of ether oxygens (including phenoxy) is 1. The molecular weight excluding hydrogens is 342 g/mol. The van der Waals surface area contributed by atoms with Crippen LogP contribution in [0.25, 0.3) is 0 Å². The van der Waals surface area contributed by atoms with Crippen LogP contribution in [0.5, 0.6) is 0 Å². The number of benzene rings is 1. The average Bonchev–Trinajstić information content (AvgIpc) is 2.92. The lowest BCUT2D eigenvalue weighted by Gasteiger charge is -2.26. The van der Waals surface area contributed by atoms with E-state index in [9.17, 15) is 0 Å². The van der Waals surface area contributed by atoms with Crippen LogP contribution >= 0.6 is 22.9 Å². The number of morpholine rings is 1. The van der Waals surface area contributed by atoms with Gasteiger partial charge in [0.15, 0.2) is 4.80 Å². The maximum atomic E-state index is 6.22. The van der Waals surface area contributed by atoms with E-state index in [0.717, 1.165) is 66.9 Å². The molecule has 6 heteroatoms. The molecule has 1 aromatic heterocycles. The lowest BCUT2D eigenvalue weighted by molar-refractivity contribution is 0.0369. The Morgan fingerprint density at radius 1 is 1.21 bits per heavy atom. The van der Waals surface area contributed by atoms with Crippen molar-refractivity contribution < 1.29 is 4.74 Å². The second-order valence-corrected chi connectivity index (χ2v) is 7.41. The van der Waals surface area contributed by atoms with Crippen LogP contribution in [0.15, 0.2) is 28.6 Å². The Balaban J connectivity index is 1.70. The van der Waals surface area contributed by atoms with E-state index >= 15 is 0 Å². The quantitative estimate of drug-likeness (QED) is 0.807. The summed E-state index contributed by atoms with van der Waals surface area (Å²) < 4.78 is 7.71. The highest BCUT2D eigenvalue weighted by Crippen LogP contribution is 2.21. The molecule has 0 atom stereocenters. The van der Waals surface area contributed by atoms with E-state index in [4.69, 9.17) is 21.3 Å². The molecule has 130 valence electrons. The first-order chi connectivity index (χ1) is 11.6. The number of nitrogens with zero attached hydrogens (tertiary/aromatic N) is 3. The molecular formula is C18H24ClN3OS. The molecule has 1 saturated heterocycles. The van der Waals surface area contributed by atoms with Gasteiger partial charge in [-0.1, -0.05) is 17.7 Å². The van der Waals surface area contributed by atoms with Gasteiger partial charge in [-0.3, -0.25) is 4.90 Å². The van der Waals surface area contributed by atoms with Crippen LogP contribution in [-0.4, -0.2) is 42.3 Å². The van der Waals surface area contributed by atoms with Crippen molar-refractivity contribution in [2.45, 2.75) is 26.8 Å². The van der Waals surface area contributed by atoms with Crippen LogP contribution < -0.4 is 4.80 Å². The van der Waals surface area contributed by atoms with Crippen molar-refractivity contribution >= 4 is 28.6 Å². The average molecular weight is 366 g/mol. The van der Waals surface area contributed by atoms with Gasteiger partial charge in [-0.05, 0) is 38.0 Å². The molecule has 0 unspecified atom stereocenters. The molecule has 1 aliphatic heterocycles. The van der Waals surface area contributed by atoms with E-state index in [0.29, 0.717) is 0 Å². The summed E-state index contributed by atoms with van der Waals surface area (Å²) in [7, 11) is 0. The minimum absolute atomic E-state index is 0.767. The molecule has 0 saturated carbocycles. The first kappa shape index (κ1) is 17.7. The molecule has 0 radical (unpaired) electrons. The predicted molar refractivity (Wildman–Crippen MR) is 100 cm³/mol. The van der Waals surface area contributed by atoms with Gasteiger partial charge in [-0.15, -0.1) is 11.3 Å². The molecule has 2 heterocycles. The number of hydrogen-bond acceptors (Lipinski definition) is 4. The zero-order chi connectivity index (χ0) is 16.9. The minimum atomic E-state index is 0.767. The summed E-state index contributed by atoms with van der Waals surface area (Å²) in [5.74, 6) is 0. The molecule has 1 fully saturated rings. The first-order valence-electron chi connectivity index (χ1n) is 8.39. The molecule has 0 spiro atoms. The van der Waals surface area contributed by atoms with Gasteiger partial charge < -0.3 is 9.30 Å². The molecule has 2 aromatic rings. The maximum Gasteiger partial charge on any atom is 0.190 e. The summed E-state index contributed by atoms with van der Waals surface area (Å²) >= 11 is 7.90. The summed E-state index contributed by atoms with van der Waals surface area (Å²) in [5.41, 5.74) is 3.25. The topological polar surface area (TPSA) is 29.8 Å². The molecule has 1 aliphatic rings. The highest BCUT2D eigenvalue weighted by molar-refractivity contribution is 7.07. The Labute approximate surface area is 152 Å². The van der Waals surface area contributed by atoms with Crippen molar-refractivity contribution in [3.05, 3.63) is 44.7 Å². The molecule has 0 aliphatic carbocycles. The van der Waals surface area contributed by atoms with Crippen molar-refractivity contribution in [2.24, 2.45) is 4.99 Å². The molecule has 0 amide bonds. The third kappa shape index (κ3) is 4.48. The van der Waals surface area contributed by atoms with Crippen LogP contribution in [0.3, 0.4) is 0 Å². The highest BCUT2D eigenvalue weighted by atomic mass is 35.5. The van der Waals surface area contributed by atoms with E-state index < -0.39 is 0 Å². The number of halogens is 1. The molecule has 1 aromatic carbocycles. The fourth-order valence-electron chi connectivity index (χ4n) is 2.81. The van der Waals surface area contributed by atoms with Crippen LogP contribution in [0.2, 0.25) is 5.02 Å². The van der Waals surface area contributed by atoms with Gasteiger partial charge in [-0.2, -0.15) is 0 Å². The summed E-state index contributed by atoms with van der Waals surface area (Å²) in [6, 6.07) is 5.97. The number of aryl methyl sites for hydroxylation is 2. The van der Waals surface area contributed by atoms with E-state index in [1.54, 1.807) is 11.3 Å². The molecule has 0 bridgehead atoms. The van der Waals surface area contributed by atoms with Crippen LogP contribution in [0, 0.1) is 13.8 Å². The van der Waals surface area contributed by atoms with Crippen LogP contribution in [0.1, 0.15) is 17.7 Å². The normalized spacial score (nSPS) is 16.7. The van der Waals surface area contributed by atoms with Crippen molar-refractivity contribution in [1.82, 2.24) is 9.47 Å². The van der Waals surface area contributed by atoms with Gasteiger partial charge in [0.25, 0.3) is 0 Å². The largest absolute Gasteiger partial charge is 0.379 e. The second-order valence-electron chi connectivity index (χ2n) is 6.16. The smallest absolute Gasteiger partial charge is 0.190 e. The van der Waals surface area contributed by atoms with E-state index in [1.165, 1.54) is 5.69 Å². The SMILES string of the molecule is Cc1ccc(N=c2scc(C)n2CCCN2CCOCC2)cc1Cl. The zero-order valence-corrected chi connectivity index (χ0v) is 15.9. The maximum absolute atomic E-state index is 6.22. The molecule has 24 heavy (non-hydrogen) atoms. The lowest BCUT2D eigenvalue weighted by Crippen LogP contribution is -2.37. The van der Waals surface area contributed by atoms with Crippen molar-refractivity contribution in [1.29, 1.82) is 0 Å². The summed E-state index contributed by atoms with van der Waals surface area (Å²) in [6.07, 6.45) is 1.12. The monoisotopic (exact) mass is 365 g/mol. The Morgan fingerprint density at radius 3 is 2.75 bits per heavy atom. The Hall–Kier alpha value is -1.14. The van der Waals surface area contributed by atoms with Gasteiger partial charge >= 0.3 is 0 Å². The van der Waals surface area contributed by atoms with Gasteiger partial charge in [-0.25, -0.2) is 4.99 Å². The Kier molecular flexibility index (Phi) is 6.11. The third-order valence-corrected chi connectivity index (χ3v) is 5.72. The Bertz CT molecular complexity index is 747. The van der Waals surface area contributed by atoms with Crippen molar-refractivity contribution in [3.63, 3.8) is 0 Å². The number of thiazole rings is 1. The number of hydrogen-bond donors (Lipinski definition) is 0. The van der Waals surface area contributed by atoms with E-state index in [1.807, 2.05) is 25.1 Å². The van der Waals surface area contributed by atoms with Crippen molar-refractivity contribution in [3.8, 4) is 0 Å². The predicted octanol–water partition coefficient (Wildman–Crippen LogP) is 3.77. The molecule has 4 nitrogen and oxygen atoms in total. The third-order valence-electron chi connectivity index (χ3n) is 4.33. The fraction of sp³-hybridized carbons (Fsp3) is 0.500. The molecule has 3 rings (SSSR count). The van der Waals surface area contributed by atoms with Crippen molar-refractivity contribution in [2.75, 3.05) is 32.8 Å². The molecule has 0 N–H and O–H groups in total. The standard InChI is InChI=1S/C18H24ClN3OS/c1-14-4-5-16(12-17(14)19)20-18-22(15(2)13-24-18)7-3-6-21-8-10-23-11-9-21/h4-5,12-13H,3,6-11H2,1-2H3.